The van der Waals surface area contributed by atoms with E-state index in [-0.39, 0.29) is 5.91 Å². The molecule has 0 bridgehead atoms. The molecule has 21 heavy (non-hydrogen) atoms. The van der Waals surface area contributed by atoms with Crippen molar-refractivity contribution in [3.8, 4) is 17.2 Å². The second kappa shape index (κ2) is 5.78. The largest absolute Gasteiger partial charge is 0.493 e. The molecule has 0 spiro atoms. The van der Waals surface area contributed by atoms with Gasteiger partial charge in [-0.1, -0.05) is 0 Å². The molecule has 1 aromatic heterocycles. The Morgan fingerprint density at radius 2 is 2.19 bits per heavy atom. The Bertz CT molecular complexity index is 619. The van der Waals surface area contributed by atoms with Gasteiger partial charge in [-0.2, -0.15) is 0 Å². The van der Waals surface area contributed by atoms with Crippen LogP contribution in [-0.2, 0) is 6.54 Å². The first-order valence-corrected chi connectivity index (χ1v) is 6.56. The summed E-state index contributed by atoms with van der Waals surface area (Å²) in [5, 5.41) is 2.77. The lowest BCUT2D eigenvalue weighted by atomic mass is 10.1. The third-order valence-corrected chi connectivity index (χ3v) is 3.09. The first-order valence-electron chi connectivity index (χ1n) is 6.56. The van der Waals surface area contributed by atoms with E-state index in [1.807, 2.05) is 0 Å². The summed E-state index contributed by atoms with van der Waals surface area (Å²) in [6.45, 7) is 1.24. The molecule has 1 aliphatic heterocycles. The summed E-state index contributed by atoms with van der Waals surface area (Å²) in [5.41, 5.74) is 0.447. The average molecular weight is 289 g/mol. The van der Waals surface area contributed by atoms with Gasteiger partial charge in [0.25, 0.3) is 5.91 Å². The highest BCUT2D eigenvalue weighted by molar-refractivity contribution is 5.95. The SMILES string of the molecule is COc1cc(C(=O)NCc2ccco2)cc2c1OCCO2. The Balaban J connectivity index is 1.79. The number of methoxy groups -OCH3 is 1. The van der Waals surface area contributed by atoms with Crippen molar-refractivity contribution < 1.29 is 23.4 Å². The number of hydrogen-bond acceptors (Lipinski definition) is 5. The number of nitrogens with one attached hydrogen (secondary N) is 1. The Morgan fingerprint density at radius 1 is 1.33 bits per heavy atom. The molecule has 3 rings (SSSR count). The molecule has 6 nitrogen and oxygen atoms in total. The van der Waals surface area contributed by atoms with Crippen LogP contribution in [0.4, 0.5) is 0 Å². The lowest BCUT2D eigenvalue weighted by molar-refractivity contribution is 0.0946. The maximum Gasteiger partial charge on any atom is 0.251 e. The third-order valence-electron chi connectivity index (χ3n) is 3.09. The number of hydrogen-bond donors (Lipinski definition) is 1. The Hall–Kier alpha value is -2.63. The summed E-state index contributed by atoms with van der Waals surface area (Å²) in [7, 11) is 1.53. The maximum atomic E-state index is 12.2. The molecule has 2 heterocycles. The molecule has 1 aliphatic rings. The molecule has 1 aromatic carbocycles. The van der Waals surface area contributed by atoms with Crippen molar-refractivity contribution in [2.45, 2.75) is 6.54 Å². The Kier molecular flexibility index (Phi) is 3.68. The Labute approximate surface area is 121 Å². The number of amides is 1. The number of benzene rings is 1. The van der Waals surface area contributed by atoms with E-state index < -0.39 is 0 Å². The van der Waals surface area contributed by atoms with Gasteiger partial charge in [0, 0.05) is 5.56 Å². The molecule has 0 fully saturated rings. The number of furan rings is 1. The van der Waals surface area contributed by atoms with Crippen molar-refractivity contribution >= 4 is 5.91 Å². The summed E-state index contributed by atoms with van der Waals surface area (Å²) in [5.74, 6) is 1.99. The van der Waals surface area contributed by atoms with E-state index >= 15 is 0 Å². The molecule has 2 aromatic rings. The van der Waals surface area contributed by atoms with E-state index in [2.05, 4.69) is 5.32 Å². The van der Waals surface area contributed by atoms with Gasteiger partial charge in [0.2, 0.25) is 5.75 Å². The number of rotatable bonds is 4. The molecule has 0 unspecified atom stereocenters. The predicted molar refractivity (Wildman–Crippen MR) is 73.9 cm³/mol. The number of carbonyl (C=O) groups is 1. The highest BCUT2D eigenvalue weighted by Crippen LogP contribution is 2.40. The molecule has 0 aliphatic carbocycles. The lowest BCUT2D eigenvalue weighted by Crippen LogP contribution is -2.23. The quantitative estimate of drug-likeness (QED) is 0.932. The summed E-state index contributed by atoms with van der Waals surface area (Å²) < 4.78 is 21.4. The van der Waals surface area contributed by atoms with Crippen molar-refractivity contribution in [2.75, 3.05) is 20.3 Å². The molecule has 0 radical (unpaired) electrons. The van der Waals surface area contributed by atoms with Crippen LogP contribution in [0.5, 0.6) is 17.2 Å². The fraction of sp³-hybridized carbons (Fsp3) is 0.267. The monoisotopic (exact) mass is 289 g/mol. The third kappa shape index (κ3) is 2.79. The highest BCUT2D eigenvalue weighted by Gasteiger charge is 2.20. The normalized spacial score (nSPS) is 12.8. The van der Waals surface area contributed by atoms with Crippen molar-refractivity contribution in [1.82, 2.24) is 5.32 Å². The van der Waals surface area contributed by atoms with Gasteiger partial charge >= 0.3 is 0 Å². The van der Waals surface area contributed by atoms with E-state index in [1.165, 1.54) is 7.11 Å². The standard InChI is InChI=1S/C15H15NO5/c1-18-12-7-10(8-13-14(12)21-6-5-20-13)15(17)16-9-11-3-2-4-19-11/h2-4,7-8H,5-6,9H2,1H3,(H,16,17). The van der Waals surface area contributed by atoms with E-state index in [0.29, 0.717) is 48.3 Å². The lowest BCUT2D eigenvalue weighted by Gasteiger charge is -2.21. The van der Waals surface area contributed by atoms with Crippen LogP contribution < -0.4 is 19.5 Å². The first-order chi connectivity index (χ1) is 10.3. The molecule has 0 saturated carbocycles. The summed E-state index contributed by atoms with van der Waals surface area (Å²) in [6, 6.07) is 6.85. The molecular formula is C15H15NO5. The van der Waals surface area contributed by atoms with Crippen LogP contribution in [0.2, 0.25) is 0 Å². The minimum atomic E-state index is -0.235. The minimum absolute atomic E-state index is 0.235. The molecule has 110 valence electrons. The average Bonchev–Trinajstić information content (AvgIpc) is 3.04. The topological polar surface area (TPSA) is 69.9 Å². The number of carbonyl (C=O) groups excluding carboxylic acids is 1. The van der Waals surface area contributed by atoms with Gasteiger partial charge in [-0.3, -0.25) is 4.79 Å². The highest BCUT2D eigenvalue weighted by atomic mass is 16.6. The second-order valence-corrected chi connectivity index (χ2v) is 4.46. The van der Waals surface area contributed by atoms with Gasteiger partial charge in [-0.15, -0.1) is 0 Å². The fourth-order valence-corrected chi connectivity index (χ4v) is 2.09. The molecule has 1 N–H and O–H groups in total. The number of ether oxygens (including phenoxy) is 3. The van der Waals surface area contributed by atoms with E-state index in [0.717, 1.165) is 0 Å². The van der Waals surface area contributed by atoms with Gasteiger partial charge in [0.05, 0.1) is 19.9 Å². The fourth-order valence-electron chi connectivity index (χ4n) is 2.09. The van der Waals surface area contributed by atoms with Crippen LogP contribution in [0.3, 0.4) is 0 Å². The maximum absolute atomic E-state index is 12.2. The number of fused-ring (bicyclic) bond motifs is 1. The Morgan fingerprint density at radius 3 is 2.95 bits per heavy atom. The van der Waals surface area contributed by atoms with Crippen LogP contribution in [0.15, 0.2) is 34.9 Å². The summed E-state index contributed by atoms with van der Waals surface area (Å²) in [6.07, 6.45) is 1.56. The van der Waals surface area contributed by atoms with Crippen LogP contribution in [0.25, 0.3) is 0 Å². The zero-order chi connectivity index (χ0) is 14.7. The first kappa shape index (κ1) is 13.4. The molecule has 0 atom stereocenters. The van der Waals surface area contributed by atoms with Gasteiger partial charge in [-0.05, 0) is 24.3 Å². The van der Waals surface area contributed by atoms with E-state index in [9.17, 15) is 4.79 Å². The van der Waals surface area contributed by atoms with Crippen LogP contribution in [0, 0.1) is 0 Å². The van der Waals surface area contributed by atoms with Crippen LogP contribution >= 0.6 is 0 Å². The van der Waals surface area contributed by atoms with Crippen molar-refractivity contribution in [2.24, 2.45) is 0 Å². The summed E-state index contributed by atoms with van der Waals surface area (Å²) in [4.78, 5) is 12.2. The zero-order valence-electron chi connectivity index (χ0n) is 11.5. The zero-order valence-corrected chi connectivity index (χ0v) is 11.5. The van der Waals surface area contributed by atoms with Gasteiger partial charge in [-0.25, -0.2) is 0 Å². The van der Waals surface area contributed by atoms with Crippen LogP contribution in [-0.4, -0.2) is 26.2 Å². The second-order valence-electron chi connectivity index (χ2n) is 4.46. The van der Waals surface area contributed by atoms with Crippen molar-refractivity contribution in [3.63, 3.8) is 0 Å². The molecule has 1 amide bonds. The molecule has 6 heteroatoms. The van der Waals surface area contributed by atoms with Gasteiger partial charge in [0.15, 0.2) is 11.5 Å². The predicted octanol–water partition coefficient (Wildman–Crippen LogP) is 1.99. The molecular weight excluding hydrogens is 274 g/mol. The van der Waals surface area contributed by atoms with E-state index in [1.54, 1.807) is 30.5 Å². The van der Waals surface area contributed by atoms with Crippen LogP contribution in [0.1, 0.15) is 16.1 Å². The van der Waals surface area contributed by atoms with Crippen molar-refractivity contribution in [3.05, 3.63) is 41.9 Å². The smallest absolute Gasteiger partial charge is 0.251 e. The minimum Gasteiger partial charge on any atom is -0.493 e. The van der Waals surface area contributed by atoms with Gasteiger partial charge < -0.3 is 23.9 Å². The van der Waals surface area contributed by atoms with E-state index in [4.69, 9.17) is 18.6 Å². The molecule has 0 saturated heterocycles. The summed E-state index contributed by atoms with van der Waals surface area (Å²) >= 11 is 0. The van der Waals surface area contributed by atoms with Gasteiger partial charge in [0.1, 0.15) is 19.0 Å². The van der Waals surface area contributed by atoms with Crippen molar-refractivity contribution in [1.29, 1.82) is 0 Å².